The molecular formula is C17H20N2O5S3. The standard InChI is InChI=1S/C17H20N2O5S3/c1-3-18(12-6-8-27(22,23)10-12)15(20)11(2)19-16(21)14(26-17(19)25)9-13-5-4-7-24-13/h4-5,7,9,11-12H,3,6,8,10H2,1-2H3/b14-9-/t11-,12-/m0/s1. The molecule has 2 amide bonds. The number of sulfone groups is 1. The van der Waals surface area contributed by atoms with Crippen LogP contribution in [0.3, 0.4) is 0 Å². The molecule has 7 nitrogen and oxygen atoms in total. The van der Waals surface area contributed by atoms with Crippen LogP contribution < -0.4 is 0 Å². The minimum absolute atomic E-state index is 0.0317. The number of nitrogens with zero attached hydrogens (tertiary/aromatic N) is 2. The van der Waals surface area contributed by atoms with E-state index in [-0.39, 0.29) is 29.4 Å². The Morgan fingerprint density at radius 3 is 2.85 bits per heavy atom. The van der Waals surface area contributed by atoms with E-state index in [1.165, 1.54) is 11.2 Å². The highest BCUT2D eigenvalue weighted by atomic mass is 32.2. The summed E-state index contributed by atoms with van der Waals surface area (Å²) in [5, 5.41) is 0. The summed E-state index contributed by atoms with van der Waals surface area (Å²) in [6.45, 7) is 3.80. The molecule has 0 bridgehead atoms. The molecule has 146 valence electrons. The molecule has 0 unspecified atom stereocenters. The maximum atomic E-state index is 13.0. The fraction of sp³-hybridized carbons (Fsp3) is 0.471. The molecule has 0 N–H and O–H groups in total. The number of carbonyl (C=O) groups excluding carboxylic acids is 2. The fourth-order valence-corrected chi connectivity index (χ4v) is 6.41. The van der Waals surface area contributed by atoms with Gasteiger partial charge in [0, 0.05) is 18.7 Å². The molecule has 3 heterocycles. The van der Waals surface area contributed by atoms with Gasteiger partial charge in [-0.3, -0.25) is 14.5 Å². The van der Waals surface area contributed by atoms with Crippen molar-refractivity contribution in [1.82, 2.24) is 9.80 Å². The summed E-state index contributed by atoms with van der Waals surface area (Å²) < 4.78 is 29.1. The van der Waals surface area contributed by atoms with Crippen LogP contribution in [0.5, 0.6) is 0 Å². The lowest BCUT2D eigenvalue weighted by atomic mass is 10.1. The number of rotatable bonds is 5. The van der Waals surface area contributed by atoms with Crippen LogP contribution in [0.4, 0.5) is 0 Å². The van der Waals surface area contributed by atoms with Gasteiger partial charge in [0.2, 0.25) is 5.91 Å². The molecule has 0 radical (unpaired) electrons. The SMILES string of the molecule is CCN(C(=O)[C@H](C)N1C(=O)/C(=C/c2ccco2)SC1=S)[C@H]1CCS(=O)(=O)C1. The predicted molar refractivity (Wildman–Crippen MR) is 108 cm³/mol. The van der Waals surface area contributed by atoms with Crippen molar-refractivity contribution in [3.63, 3.8) is 0 Å². The van der Waals surface area contributed by atoms with Gasteiger partial charge in [-0.1, -0.05) is 24.0 Å². The topological polar surface area (TPSA) is 87.9 Å². The average molecular weight is 429 g/mol. The zero-order valence-electron chi connectivity index (χ0n) is 15.0. The van der Waals surface area contributed by atoms with Crippen molar-refractivity contribution in [3.05, 3.63) is 29.1 Å². The first-order valence-electron chi connectivity index (χ1n) is 8.55. The Hall–Kier alpha value is -1.65. The summed E-state index contributed by atoms with van der Waals surface area (Å²) in [7, 11) is -3.11. The lowest BCUT2D eigenvalue weighted by molar-refractivity contribution is -0.140. The number of amides is 2. The third-order valence-corrected chi connectivity index (χ3v) is 7.74. The molecule has 2 aliphatic heterocycles. The van der Waals surface area contributed by atoms with E-state index in [2.05, 4.69) is 0 Å². The molecule has 0 saturated carbocycles. The Labute approximate surface area is 167 Å². The van der Waals surface area contributed by atoms with E-state index in [1.807, 2.05) is 0 Å². The first kappa shape index (κ1) is 20.1. The lowest BCUT2D eigenvalue weighted by Gasteiger charge is -2.32. The smallest absolute Gasteiger partial charge is 0.267 e. The zero-order chi connectivity index (χ0) is 19.8. The summed E-state index contributed by atoms with van der Waals surface area (Å²) in [5.74, 6) is -0.0629. The molecule has 1 aromatic heterocycles. The third kappa shape index (κ3) is 4.12. The molecule has 3 rings (SSSR count). The summed E-state index contributed by atoms with van der Waals surface area (Å²) in [6, 6.07) is 2.28. The number of hydrogen-bond donors (Lipinski definition) is 0. The van der Waals surface area contributed by atoms with Gasteiger partial charge in [-0.2, -0.15) is 0 Å². The maximum Gasteiger partial charge on any atom is 0.267 e. The van der Waals surface area contributed by atoms with Gasteiger partial charge >= 0.3 is 0 Å². The van der Waals surface area contributed by atoms with Crippen LogP contribution in [-0.2, 0) is 19.4 Å². The van der Waals surface area contributed by atoms with E-state index >= 15 is 0 Å². The first-order valence-corrected chi connectivity index (χ1v) is 11.6. The molecule has 1 aromatic rings. The van der Waals surface area contributed by atoms with Gasteiger partial charge in [-0.15, -0.1) is 0 Å². The highest BCUT2D eigenvalue weighted by molar-refractivity contribution is 8.26. The van der Waals surface area contributed by atoms with Crippen LogP contribution in [0.1, 0.15) is 26.0 Å². The number of thioether (sulfide) groups is 1. The van der Waals surface area contributed by atoms with Crippen LogP contribution in [-0.4, -0.2) is 64.5 Å². The molecule has 10 heteroatoms. The molecule has 2 fully saturated rings. The summed E-state index contributed by atoms with van der Waals surface area (Å²) in [6.07, 6.45) is 3.52. The fourth-order valence-electron chi connectivity index (χ4n) is 3.28. The second-order valence-corrected chi connectivity index (χ2v) is 10.3. The van der Waals surface area contributed by atoms with Gasteiger partial charge in [0.05, 0.1) is 22.7 Å². The average Bonchev–Trinajstić information content (AvgIpc) is 3.30. The van der Waals surface area contributed by atoms with Gasteiger partial charge in [0.25, 0.3) is 5.91 Å². The van der Waals surface area contributed by atoms with Crippen molar-refractivity contribution in [1.29, 1.82) is 0 Å². The van der Waals surface area contributed by atoms with Crippen LogP contribution in [0.15, 0.2) is 27.7 Å². The minimum atomic E-state index is -3.11. The van der Waals surface area contributed by atoms with E-state index in [9.17, 15) is 18.0 Å². The molecule has 0 aromatic carbocycles. The molecule has 0 aliphatic carbocycles. The number of hydrogen-bond acceptors (Lipinski definition) is 7. The second kappa shape index (κ2) is 7.76. The van der Waals surface area contributed by atoms with Gasteiger partial charge in [0.1, 0.15) is 16.1 Å². The monoisotopic (exact) mass is 428 g/mol. The Bertz CT molecular complexity index is 892. The number of likely N-dealkylation sites (N-methyl/N-ethyl adjacent to an activating group) is 1. The van der Waals surface area contributed by atoms with Crippen LogP contribution in [0.2, 0.25) is 0 Å². The Balaban J connectivity index is 1.77. The van der Waals surface area contributed by atoms with Crippen molar-refractivity contribution in [2.24, 2.45) is 0 Å². The van der Waals surface area contributed by atoms with Crippen LogP contribution in [0, 0.1) is 0 Å². The highest BCUT2D eigenvalue weighted by Gasteiger charge is 2.42. The van der Waals surface area contributed by atoms with Crippen molar-refractivity contribution < 1.29 is 22.4 Å². The zero-order valence-corrected chi connectivity index (χ0v) is 17.4. The largest absolute Gasteiger partial charge is 0.465 e. The van der Waals surface area contributed by atoms with E-state index in [4.69, 9.17) is 16.6 Å². The lowest BCUT2D eigenvalue weighted by Crippen LogP contribution is -2.52. The quantitative estimate of drug-likeness (QED) is 0.523. The summed E-state index contributed by atoms with van der Waals surface area (Å²) in [5.41, 5.74) is 0. The highest BCUT2D eigenvalue weighted by Crippen LogP contribution is 2.34. The van der Waals surface area contributed by atoms with E-state index in [0.29, 0.717) is 28.0 Å². The van der Waals surface area contributed by atoms with Crippen molar-refractivity contribution in [2.45, 2.75) is 32.4 Å². The molecule has 2 saturated heterocycles. The number of thiocarbonyl (C=S) groups is 1. The first-order chi connectivity index (χ1) is 12.7. The van der Waals surface area contributed by atoms with E-state index in [1.54, 1.807) is 37.0 Å². The third-order valence-electron chi connectivity index (χ3n) is 4.66. The van der Waals surface area contributed by atoms with Crippen LogP contribution >= 0.6 is 24.0 Å². The van der Waals surface area contributed by atoms with Gasteiger partial charge in [0.15, 0.2) is 9.84 Å². The minimum Gasteiger partial charge on any atom is -0.465 e. The summed E-state index contributed by atoms with van der Waals surface area (Å²) >= 11 is 6.43. The van der Waals surface area contributed by atoms with Crippen molar-refractivity contribution >= 4 is 56.0 Å². The molecule has 2 atom stereocenters. The Morgan fingerprint density at radius 1 is 1.56 bits per heavy atom. The van der Waals surface area contributed by atoms with Crippen LogP contribution in [0.25, 0.3) is 6.08 Å². The van der Waals surface area contributed by atoms with Crippen molar-refractivity contribution in [3.8, 4) is 0 Å². The molecule has 27 heavy (non-hydrogen) atoms. The van der Waals surface area contributed by atoms with Gasteiger partial charge in [-0.05, 0) is 32.4 Å². The molecular weight excluding hydrogens is 408 g/mol. The number of carbonyl (C=O) groups is 2. The van der Waals surface area contributed by atoms with Gasteiger partial charge in [-0.25, -0.2) is 8.42 Å². The maximum absolute atomic E-state index is 13.0. The normalized spacial score (nSPS) is 24.6. The Kier molecular flexibility index (Phi) is 5.78. The van der Waals surface area contributed by atoms with Gasteiger partial charge < -0.3 is 9.32 Å². The second-order valence-electron chi connectivity index (χ2n) is 6.42. The molecule has 0 spiro atoms. The number of furan rings is 1. The Morgan fingerprint density at radius 2 is 2.30 bits per heavy atom. The molecule has 2 aliphatic rings. The summed E-state index contributed by atoms with van der Waals surface area (Å²) in [4.78, 5) is 29.0. The van der Waals surface area contributed by atoms with E-state index < -0.39 is 15.9 Å². The predicted octanol–water partition coefficient (Wildman–Crippen LogP) is 1.90. The van der Waals surface area contributed by atoms with Crippen molar-refractivity contribution in [2.75, 3.05) is 18.1 Å². The van der Waals surface area contributed by atoms with E-state index in [0.717, 1.165) is 11.8 Å².